The number of nitrogens with one attached hydrogen (secondary N) is 1. The van der Waals surface area contributed by atoms with Crippen LogP contribution in [0.5, 0.6) is 0 Å². The first-order valence-corrected chi connectivity index (χ1v) is 8.85. The highest BCUT2D eigenvalue weighted by Crippen LogP contribution is 2.47. The average Bonchev–Trinajstić information content (AvgIpc) is 3.14. The molecule has 5 unspecified atom stereocenters. The Kier molecular flexibility index (Phi) is 4.55. The predicted octanol–water partition coefficient (Wildman–Crippen LogP) is 1.60. The summed E-state index contributed by atoms with van der Waals surface area (Å²) in [6.07, 6.45) is 6.22. The Morgan fingerprint density at radius 3 is 2.48 bits per heavy atom. The molecule has 2 saturated carbocycles. The summed E-state index contributed by atoms with van der Waals surface area (Å²) in [6, 6.07) is 0.583. The lowest BCUT2D eigenvalue weighted by molar-refractivity contribution is -0.127. The normalized spacial score (nSPS) is 37.3. The van der Waals surface area contributed by atoms with Gasteiger partial charge in [0.25, 0.3) is 0 Å². The molecule has 0 aromatic rings. The van der Waals surface area contributed by atoms with Gasteiger partial charge in [0.05, 0.1) is 5.92 Å². The van der Waals surface area contributed by atoms with Gasteiger partial charge in [-0.25, -0.2) is 0 Å². The van der Waals surface area contributed by atoms with E-state index in [2.05, 4.69) is 24.1 Å². The van der Waals surface area contributed by atoms with E-state index >= 15 is 0 Å². The van der Waals surface area contributed by atoms with Gasteiger partial charge in [-0.1, -0.05) is 13.8 Å². The van der Waals surface area contributed by atoms with E-state index in [4.69, 9.17) is 5.73 Å². The molecule has 2 aliphatic carbocycles. The molecule has 0 aromatic heterocycles. The lowest BCUT2D eigenvalue weighted by Crippen LogP contribution is -2.50. The topological polar surface area (TPSA) is 58.4 Å². The van der Waals surface area contributed by atoms with Crippen molar-refractivity contribution in [3.8, 4) is 0 Å². The molecule has 0 aromatic carbocycles. The minimum Gasteiger partial charge on any atom is -0.354 e. The Balaban J connectivity index is 1.54. The SMILES string of the molecule is CC(C)C(CNC(=O)C1C2CCC(C2)C1N)N1CCCC1. The van der Waals surface area contributed by atoms with E-state index in [1.54, 1.807) is 0 Å². The monoisotopic (exact) mass is 293 g/mol. The molecule has 21 heavy (non-hydrogen) atoms. The lowest BCUT2D eigenvalue weighted by Gasteiger charge is -2.32. The fourth-order valence-corrected chi connectivity index (χ4v) is 4.91. The summed E-state index contributed by atoms with van der Waals surface area (Å²) >= 11 is 0. The third-order valence-corrected chi connectivity index (χ3v) is 6.15. The van der Waals surface area contributed by atoms with Gasteiger partial charge in [0.15, 0.2) is 0 Å². The second-order valence-corrected chi connectivity index (χ2v) is 7.74. The van der Waals surface area contributed by atoms with Crippen molar-refractivity contribution in [3.05, 3.63) is 0 Å². The van der Waals surface area contributed by atoms with Gasteiger partial charge in [-0.3, -0.25) is 9.69 Å². The fraction of sp³-hybridized carbons (Fsp3) is 0.941. The van der Waals surface area contributed by atoms with Crippen molar-refractivity contribution in [2.75, 3.05) is 19.6 Å². The molecule has 1 aliphatic heterocycles. The van der Waals surface area contributed by atoms with Crippen LogP contribution in [-0.2, 0) is 4.79 Å². The van der Waals surface area contributed by atoms with Crippen molar-refractivity contribution in [2.24, 2.45) is 29.4 Å². The number of carbonyl (C=O) groups is 1. The summed E-state index contributed by atoms with van der Waals surface area (Å²) in [5, 5.41) is 3.24. The fourth-order valence-electron chi connectivity index (χ4n) is 4.91. The van der Waals surface area contributed by atoms with Crippen molar-refractivity contribution in [1.82, 2.24) is 10.2 Å². The van der Waals surface area contributed by atoms with Crippen LogP contribution in [0.1, 0.15) is 46.0 Å². The summed E-state index contributed by atoms with van der Waals surface area (Å²) in [5.74, 6) is 2.03. The maximum atomic E-state index is 12.6. The molecule has 1 amide bonds. The van der Waals surface area contributed by atoms with E-state index < -0.39 is 0 Å². The molecule has 3 rings (SSSR count). The van der Waals surface area contributed by atoms with Crippen molar-refractivity contribution in [3.63, 3.8) is 0 Å². The largest absolute Gasteiger partial charge is 0.354 e. The molecule has 1 heterocycles. The van der Waals surface area contributed by atoms with Gasteiger partial charge >= 0.3 is 0 Å². The minimum absolute atomic E-state index is 0.0788. The average molecular weight is 293 g/mol. The summed E-state index contributed by atoms with van der Waals surface area (Å²) in [6.45, 7) is 7.69. The molecule has 3 aliphatic rings. The Labute approximate surface area is 128 Å². The van der Waals surface area contributed by atoms with Gasteiger partial charge < -0.3 is 11.1 Å². The van der Waals surface area contributed by atoms with Crippen LogP contribution in [-0.4, -0.2) is 42.5 Å². The van der Waals surface area contributed by atoms with Crippen LogP contribution in [0.4, 0.5) is 0 Å². The third-order valence-electron chi connectivity index (χ3n) is 6.15. The standard InChI is InChI=1S/C17H31N3O/c1-11(2)14(20-7-3-4-8-20)10-19-17(21)15-12-5-6-13(9-12)16(15)18/h11-16H,3-10,18H2,1-2H3,(H,19,21). The van der Waals surface area contributed by atoms with Gasteiger partial charge in [0.1, 0.15) is 0 Å². The molecule has 4 heteroatoms. The van der Waals surface area contributed by atoms with Crippen LogP contribution in [0, 0.1) is 23.7 Å². The minimum atomic E-state index is 0.0788. The highest BCUT2D eigenvalue weighted by Gasteiger charge is 2.49. The second kappa shape index (κ2) is 6.25. The molecule has 2 bridgehead atoms. The number of nitrogens with two attached hydrogens (primary N) is 1. The molecule has 4 nitrogen and oxygen atoms in total. The van der Waals surface area contributed by atoms with Crippen molar-refractivity contribution in [1.29, 1.82) is 0 Å². The molecule has 1 saturated heterocycles. The maximum absolute atomic E-state index is 12.6. The molecule has 0 radical (unpaired) electrons. The van der Waals surface area contributed by atoms with Crippen molar-refractivity contribution < 1.29 is 4.79 Å². The lowest BCUT2D eigenvalue weighted by atomic mass is 9.84. The third kappa shape index (κ3) is 2.98. The van der Waals surface area contributed by atoms with Crippen LogP contribution in [0.25, 0.3) is 0 Å². The summed E-state index contributed by atoms with van der Waals surface area (Å²) in [7, 11) is 0. The molecule has 5 atom stereocenters. The molecule has 3 N–H and O–H groups in total. The summed E-state index contributed by atoms with van der Waals surface area (Å²) in [5.41, 5.74) is 6.28. The summed E-state index contributed by atoms with van der Waals surface area (Å²) < 4.78 is 0. The number of carbonyl (C=O) groups excluding carboxylic acids is 1. The zero-order chi connectivity index (χ0) is 15.0. The van der Waals surface area contributed by atoms with Crippen molar-refractivity contribution >= 4 is 5.91 Å². The van der Waals surface area contributed by atoms with Crippen LogP contribution in [0.2, 0.25) is 0 Å². The van der Waals surface area contributed by atoms with Gasteiger partial charge in [-0.05, 0) is 62.9 Å². The number of amides is 1. The zero-order valence-corrected chi connectivity index (χ0v) is 13.6. The first kappa shape index (κ1) is 15.3. The number of nitrogens with zero attached hydrogens (tertiary/aromatic N) is 1. The van der Waals surface area contributed by atoms with E-state index in [0.717, 1.165) is 6.54 Å². The highest BCUT2D eigenvalue weighted by atomic mass is 16.2. The van der Waals surface area contributed by atoms with E-state index in [1.807, 2.05) is 0 Å². The second-order valence-electron chi connectivity index (χ2n) is 7.74. The molecular weight excluding hydrogens is 262 g/mol. The molecule has 3 fully saturated rings. The number of likely N-dealkylation sites (tertiary alicyclic amines) is 1. The van der Waals surface area contributed by atoms with Crippen molar-refractivity contribution in [2.45, 2.75) is 58.0 Å². The Bertz CT molecular complexity index is 376. The first-order valence-electron chi connectivity index (χ1n) is 8.85. The number of fused-ring (bicyclic) bond motifs is 2. The van der Waals surface area contributed by atoms with Gasteiger partial charge in [-0.2, -0.15) is 0 Å². The van der Waals surface area contributed by atoms with Gasteiger partial charge in [-0.15, -0.1) is 0 Å². The number of hydrogen-bond acceptors (Lipinski definition) is 3. The Morgan fingerprint density at radius 1 is 1.24 bits per heavy atom. The van der Waals surface area contributed by atoms with Crippen LogP contribution in [0.15, 0.2) is 0 Å². The van der Waals surface area contributed by atoms with E-state index in [9.17, 15) is 4.79 Å². The smallest absolute Gasteiger partial charge is 0.225 e. The quantitative estimate of drug-likeness (QED) is 0.809. The number of hydrogen-bond donors (Lipinski definition) is 2. The van der Waals surface area contributed by atoms with Crippen LogP contribution < -0.4 is 11.1 Å². The Morgan fingerprint density at radius 2 is 1.90 bits per heavy atom. The van der Waals surface area contributed by atoms with Crippen LogP contribution in [0.3, 0.4) is 0 Å². The highest BCUT2D eigenvalue weighted by molar-refractivity contribution is 5.80. The summed E-state index contributed by atoms with van der Waals surface area (Å²) in [4.78, 5) is 15.1. The molecular formula is C17H31N3O. The number of rotatable bonds is 5. The van der Waals surface area contributed by atoms with E-state index in [0.29, 0.717) is 23.8 Å². The zero-order valence-electron chi connectivity index (χ0n) is 13.6. The first-order chi connectivity index (χ1) is 10.1. The van der Waals surface area contributed by atoms with Gasteiger partial charge in [0, 0.05) is 18.6 Å². The maximum Gasteiger partial charge on any atom is 0.225 e. The van der Waals surface area contributed by atoms with Crippen LogP contribution >= 0.6 is 0 Å². The van der Waals surface area contributed by atoms with E-state index in [1.165, 1.54) is 45.2 Å². The Hall–Kier alpha value is -0.610. The molecule has 120 valence electrons. The van der Waals surface area contributed by atoms with E-state index in [-0.39, 0.29) is 17.9 Å². The predicted molar refractivity (Wildman–Crippen MR) is 84.7 cm³/mol. The van der Waals surface area contributed by atoms with Gasteiger partial charge in [0.2, 0.25) is 5.91 Å². The molecule has 0 spiro atoms.